The molecule has 0 unspecified atom stereocenters. The number of halogens is 2. The second-order valence-electron chi connectivity index (χ2n) is 5.81. The number of imidazole rings is 1. The Kier molecular flexibility index (Phi) is 3.28. The Morgan fingerprint density at radius 3 is 2.59 bits per heavy atom. The van der Waals surface area contributed by atoms with E-state index in [9.17, 15) is 0 Å². The molecular weight excluding hydrogens is 317 g/mol. The van der Waals surface area contributed by atoms with Gasteiger partial charge in [0.1, 0.15) is 5.82 Å². The zero-order valence-electron chi connectivity index (χ0n) is 12.1. The van der Waals surface area contributed by atoms with E-state index >= 15 is 0 Å². The first-order chi connectivity index (χ1) is 10.6. The number of aryl methyl sites for hydroxylation is 1. The van der Waals surface area contributed by atoms with Crippen molar-refractivity contribution in [1.29, 1.82) is 0 Å². The molecule has 3 aromatic rings. The van der Waals surface area contributed by atoms with Crippen LogP contribution in [0.1, 0.15) is 17.3 Å². The predicted molar refractivity (Wildman–Crippen MR) is 92.2 cm³/mol. The van der Waals surface area contributed by atoms with Gasteiger partial charge in [-0.05, 0) is 36.8 Å². The monoisotopic (exact) mass is 331 g/mol. The number of fused-ring (bicyclic) bond motifs is 1. The highest BCUT2D eigenvalue weighted by Gasteiger charge is 2.32. The highest BCUT2D eigenvalue weighted by Crippen LogP contribution is 2.39. The first-order valence-corrected chi connectivity index (χ1v) is 8.02. The van der Waals surface area contributed by atoms with Crippen LogP contribution in [0.4, 0.5) is 5.69 Å². The van der Waals surface area contributed by atoms with Gasteiger partial charge in [0.05, 0.1) is 32.7 Å². The van der Waals surface area contributed by atoms with Crippen LogP contribution in [-0.2, 0) is 0 Å². The molecule has 0 spiro atoms. The fraction of sp³-hybridized carbons (Fsp3) is 0.235. The van der Waals surface area contributed by atoms with Gasteiger partial charge in [0.2, 0.25) is 0 Å². The smallest absolute Gasteiger partial charge is 0.113 e. The number of anilines is 1. The Hall–Kier alpha value is -1.71. The van der Waals surface area contributed by atoms with Gasteiger partial charge < -0.3 is 9.88 Å². The number of rotatable bonds is 2. The average molecular weight is 332 g/mol. The fourth-order valence-electron chi connectivity index (χ4n) is 2.96. The largest absolute Gasteiger partial charge is 0.368 e. The first kappa shape index (κ1) is 13.9. The molecule has 2 heterocycles. The molecule has 3 nitrogen and oxygen atoms in total. The van der Waals surface area contributed by atoms with E-state index < -0.39 is 0 Å². The molecule has 1 saturated heterocycles. The number of H-pyrrole nitrogens is 1. The third kappa shape index (κ3) is 2.25. The molecule has 0 radical (unpaired) electrons. The van der Waals surface area contributed by atoms with Gasteiger partial charge in [0, 0.05) is 13.1 Å². The maximum atomic E-state index is 6.26. The zero-order chi connectivity index (χ0) is 15.3. The van der Waals surface area contributed by atoms with Crippen LogP contribution in [0.2, 0.25) is 10.0 Å². The normalized spacial score (nSPS) is 15.3. The van der Waals surface area contributed by atoms with Crippen molar-refractivity contribution >= 4 is 39.9 Å². The maximum absolute atomic E-state index is 6.26. The van der Waals surface area contributed by atoms with Crippen molar-refractivity contribution in [3.05, 3.63) is 57.8 Å². The van der Waals surface area contributed by atoms with Crippen molar-refractivity contribution in [3.8, 4) is 0 Å². The number of hydrogen-bond donors (Lipinski definition) is 1. The molecule has 1 aromatic heterocycles. The minimum absolute atomic E-state index is 0.389. The first-order valence-electron chi connectivity index (χ1n) is 7.27. The number of nitrogens with one attached hydrogen (secondary N) is 1. The minimum Gasteiger partial charge on any atom is -0.368 e. The Morgan fingerprint density at radius 2 is 1.86 bits per heavy atom. The third-order valence-corrected chi connectivity index (χ3v) is 4.79. The van der Waals surface area contributed by atoms with E-state index in [1.165, 1.54) is 5.56 Å². The van der Waals surface area contributed by atoms with Crippen molar-refractivity contribution in [1.82, 2.24) is 9.97 Å². The number of para-hydroxylation sites is 1. The van der Waals surface area contributed by atoms with E-state index in [0.29, 0.717) is 16.0 Å². The van der Waals surface area contributed by atoms with E-state index in [-0.39, 0.29) is 0 Å². The van der Waals surface area contributed by atoms with E-state index in [0.717, 1.165) is 35.6 Å². The topological polar surface area (TPSA) is 31.9 Å². The number of aromatic amines is 1. The van der Waals surface area contributed by atoms with Crippen LogP contribution < -0.4 is 4.90 Å². The third-order valence-electron chi connectivity index (χ3n) is 4.18. The van der Waals surface area contributed by atoms with Crippen molar-refractivity contribution < 1.29 is 0 Å². The molecule has 1 aliphatic heterocycles. The summed E-state index contributed by atoms with van der Waals surface area (Å²) in [6, 6.07) is 11.9. The van der Waals surface area contributed by atoms with E-state index in [2.05, 4.69) is 35.0 Å². The SMILES string of the molecule is Cc1ccc2nc(C3CN(c4c(Cl)cccc4Cl)C3)[nH]c2c1. The van der Waals surface area contributed by atoms with Gasteiger partial charge in [-0.15, -0.1) is 0 Å². The Bertz CT molecular complexity index is 830. The molecule has 0 atom stereocenters. The second-order valence-corrected chi connectivity index (χ2v) is 6.63. The summed E-state index contributed by atoms with van der Waals surface area (Å²) in [4.78, 5) is 10.3. The Labute approximate surface area is 138 Å². The lowest BCUT2D eigenvalue weighted by Crippen LogP contribution is -2.45. The van der Waals surface area contributed by atoms with Gasteiger partial charge in [-0.2, -0.15) is 0 Å². The summed E-state index contributed by atoms with van der Waals surface area (Å²) < 4.78 is 0. The summed E-state index contributed by atoms with van der Waals surface area (Å²) in [6.45, 7) is 3.84. The van der Waals surface area contributed by atoms with Gasteiger partial charge >= 0.3 is 0 Å². The molecule has 4 rings (SSSR count). The zero-order valence-corrected chi connectivity index (χ0v) is 13.6. The lowest BCUT2D eigenvalue weighted by atomic mass is 9.98. The lowest BCUT2D eigenvalue weighted by molar-refractivity contribution is 0.506. The van der Waals surface area contributed by atoms with Gasteiger partial charge in [-0.25, -0.2) is 4.98 Å². The lowest BCUT2D eigenvalue weighted by Gasteiger charge is -2.40. The molecule has 22 heavy (non-hydrogen) atoms. The highest BCUT2D eigenvalue weighted by molar-refractivity contribution is 6.39. The molecule has 0 bridgehead atoms. The van der Waals surface area contributed by atoms with Crippen LogP contribution in [0.25, 0.3) is 11.0 Å². The van der Waals surface area contributed by atoms with Crippen LogP contribution in [0, 0.1) is 6.92 Å². The number of nitrogens with zero attached hydrogens (tertiary/aromatic N) is 2. The van der Waals surface area contributed by atoms with E-state index in [1.807, 2.05) is 18.2 Å². The van der Waals surface area contributed by atoms with Crippen molar-refractivity contribution in [2.45, 2.75) is 12.8 Å². The highest BCUT2D eigenvalue weighted by atomic mass is 35.5. The molecule has 1 fully saturated rings. The maximum Gasteiger partial charge on any atom is 0.113 e. The Balaban J connectivity index is 1.57. The molecule has 1 aliphatic rings. The van der Waals surface area contributed by atoms with Crippen LogP contribution in [-0.4, -0.2) is 23.1 Å². The van der Waals surface area contributed by atoms with Crippen LogP contribution >= 0.6 is 23.2 Å². The Morgan fingerprint density at radius 1 is 1.14 bits per heavy atom. The second kappa shape index (κ2) is 5.18. The van der Waals surface area contributed by atoms with Gasteiger partial charge in [0.25, 0.3) is 0 Å². The summed E-state index contributed by atoms with van der Waals surface area (Å²) >= 11 is 12.5. The standard InChI is InChI=1S/C17H15Cl2N3/c1-10-5-6-14-15(7-10)21-17(20-14)11-8-22(9-11)16-12(18)3-2-4-13(16)19/h2-7,11H,8-9H2,1H3,(H,20,21). The van der Waals surface area contributed by atoms with Crippen LogP contribution in [0.3, 0.4) is 0 Å². The molecule has 0 saturated carbocycles. The molecule has 112 valence electrons. The summed E-state index contributed by atoms with van der Waals surface area (Å²) in [7, 11) is 0. The van der Waals surface area contributed by atoms with Crippen LogP contribution in [0.5, 0.6) is 0 Å². The predicted octanol–water partition coefficient (Wildman–Crippen LogP) is 4.78. The summed E-state index contributed by atoms with van der Waals surface area (Å²) in [5.41, 5.74) is 4.29. The molecule has 0 aliphatic carbocycles. The summed E-state index contributed by atoms with van der Waals surface area (Å²) in [5, 5.41) is 1.40. The van der Waals surface area contributed by atoms with Gasteiger partial charge in [0.15, 0.2) is 0 Å². The van der Waals surface area contributed by atoms with Crippen molar-refractivity contribution in [2.75, 3.05) is 18.0 Å². The molecule has 5 heteroatoms. The fourth-order valence-corrected chi connectivity index (χ4v) is 3.60. The number of hydrogen-bond acceptors (Lipinski definition) is 2. The average Bonchev–Trinajstić information content (AvgIpc) is 2.82. The van der Waals surface area contributed by atoms with Crippen molar-refractivity contribution in [3.63, 3.8) is 0 Å². The van der Waals surface area contributed by atoms with Crippen molar-refractivity contribution in [2.24, 2.45) is 0 Å². The van der Waals surface area contributed by atoms with E-state index in [1.54, 1.807) is 0 Å². The van der Waals surface area contributed by atoms with Gasteiger partial charge in [-0.1, -0.05) is 35.3 Å². The molecule has 0 amide bonds. The summed E-state index contributed by atoms with van der Waals surface area (Å²) in [5.74, 6) is 1.43. The van der Waals surface area contributed by atoms with Crippen LogP contribution in [0.15, 0.2) is 36.4 Å². The number of benzene rings is 2. The molecule has 2 aromatic carbocycles. The van der Waals surface area contributed by atoms with Gasteiger partial charge in [-0.3, -0.25) is 0 Å². The molecule has 1 N–H and O–H groups in total. The molecular formula is C17H15Cl2N3. The quantitative estimate of drug-likeness (QED) is 0.732. The minimum atomic E-state index is 0.389. The van der Waals surface area contributed by atoms with E-state index in [4.69, 9.17) is 28.2 Å². The number of aromatic nitrogens is 2. The summed E-state index contributed by atoms with van der Waals surface area (Å²) in [6.07, 6.45) is 0.